The van der Waals surface area contributed by atoms with Gasteiger partial charge in [-0.15, -0.1) is 0 Å². The number of aliphatic hydroxyl groups excluding tert-OH is 1. The van der Waals surface area contributed by atoms with E-state index in [1.165, 1.54) is 17.0 Å². The summed E-state index contributed by atoms with van der Waals surface area (Å²) in [6.45, 7) is 2.12. The molecule has 1 heterocycles. The summed E-state index contributed by atoms with van der Waals surface area (Å²) in [6, 6.07) is 9.29. The molecular weight excluding hydrogens is 297 g/mol. The first-order valence-corrected chi connectivity index (χ1v) is 7.38. The van der Waals surface area contributed by atoms with Crippen LogP contribution in [0.15, 0.2) is 42.6 Å². The lowest BCUT2D eigenvalue weighted by molar-refractivity contribution is 0.0769. The quantitative estimate of drug-likeness (QED) is 0.860. The van der Waals surface area contributed by atoms with E-state index in [9.17, 15) is 14.3 Å². The van der Waals surface area contributed by atoms with Gasteiger partial charge in [0, 0.05) is 25.5 Å². The Morgan fingerprint density at radius 3 is 2.87 bits per heavy atom. The summed E-state index contributed by atoms with van der Waals surface area (Å²) < 4.78 is 13.3. The van der Waals surface area contributed by atoms with E-state index in [-0.39, 0.29) is 11.7 Å². The number of hydrogen-bond acceptors (Lipinski definition) is 4. The first-order chi connectivity index (χ1) is 11.0. The molecule has 122 valence electrons. The number of halogens is 1. The Morgan fingerprint density at radius 1 is 1.39 bits per heavy atom. The minimum Gasteiger partial charge on any atom is -0.393 e. The Balaban J connectivity index is 2.18. The van der Waals surface area contributed by atoms with Crippen molar-refractivity contribution in [1.29, 1.82) is 0 Å². The molecule has 0 spiro atoms. The van der Waals surface area contributed by atoms with Crippen LogP contribution in [-0.2, 0) is 0 Å². The largest absolute Gasteiger partial charge is 0.393 e. The summed E-state index contributed by atoms with van der Waals surface area (Å²) in [5.74, 6) is -0.211. The molecule has 5 nitrogen and oxygen atoms in total. The van der Waals surface area contributed by atoms with E-state index in [0.717, 1.165) is 0 Å². The molecule has 0 aliphatic carbocycles. The van der Waals surface area contributed by atoms with Crippen LogP contribution in [0.25, 0.3) is 0 Å². The van der Waals surface area contributed by atoms with Crippen LogP contribution in [0.1, 0.15) is 23.7 Å². The van der Waals surface area contributed by atoms with Gasteiger partial charge >= 0.3 is 0 Å². The van der Waals surface area contributed by atoms with Gasteiger partial charge in [-0.2, -0.15) is 0 Å². The van der Waals surface area contributed by atoms with Gasteiger partial charge < -0.3 is 15.3 Å². The van der Waals surface area contributed by atoms with Gasteiger partial charge in [0.15, 0.2) is 0 Å². The first kappa shape index (κ1) is 16.9. The van der Waals surface area contributed by atoms with Gasteiger partial charge in [0.1, 0.15) is 11.6 Å². The molecule has 1 aromatic carbocycles. The fourth-order valence-electron chi connectivity index (χ4n) is 2.07. The standard InChI is InChI=1S/C17H20FN3O2/c1-12(22)8-10-21(2)17(23)15-7-4-9-19-16(15)20-14-6-3-5-13(18)11-14/h3-7,9,11-12,22H,8,10H2,1-2H3,(H,19,20). The van der Waals surface area contributed by atoms with Gasteiger partial charge in [0.2, 0.25) is 0 Å². The highest BCUT2D eigenvalue weighted by molar-refractivity contribution is 5.99. The topological polar surface area (TPSA) is 65.5 Å². The normalized spacial score (nSPS) is 11.8. The third-order valence-electron chi connectivity index (χ3n) is 3.35. The van der Waals surface area contributed by atoms with E-state index < -0.39 is 6.10 Å². The molecule has 2 aromatic rings. The minimum atomic E-state index is -0.468. The molecule has 2 rings (SSSR count). The average molecular weight is 317 g/mol. The van der Waals surface area contributed by atoms with E-state index in [4.69, 9.17) is 0 Å². The zero-order valence-corrected chi connectivity index (χ0v) is 13.2. The third-order valence-corrected chi connectivity index (χ3v) is 3.35. The Kier molecular flexibility index (Phi) is 5.65. The Hall–Kier alpha value is -2.47. The summed E-state index contributed by atoms with van der Waals surface area (Å²) in [6.07, 6.45) is 1.59. The highest BCUT2D eigenvalue weighted by Crippen LogP contribution is 2.20. The van der Waals surface area contributed by atoms with Crippen molar-refractivity contribution < 1.29 is 14.3 Å². The number of aliphatic hydroxyl groups is 1. The molecule has 1 unspecified atom stereocenters. The summed E-state index contributed by atoms with van der Waals surface area (Å²) in [4.78, 5) is 18.2. The molecule has 0 aliphatic rings. The first-order valence-electron chi connectivity index (χ1n) is 7.38. The van der Waals surface area contributed by atoms with Crippen LogP contribution in [0.3, 0.4) is 0 Å². The van der Waals surface area contributed by atoms with Crippen molar-refractivity contribution in [1.82, 2.24) is 9.88 Å². The molecular formula is C17H20FN3O2. The highest BCUT2D eigenvalue weighted by Gasteiger charge is 2.17. The number of anilines is 2. The molecule has 1 aromatic heterocycles. The predicted octanol–water partition coefficient (Wildman–Crippen LogP) is 2.81. The molecule has 0 saturated carbocycles. The summed E-state index contributed by atoms with van der Waals surface area (Å²) in [5.41, 5.74) is 0.911. The van der Waals surface area contributed by atoms with Gasteiger partial charge in [-0.05, 0) is 43.7 Å². The lowest BCUT2D eigenvalue weighted by atomic mass is 10.2. The number of carbonyl (C=O) groups is 1. The molecule has 2 N–H and O–H groups in total. The maximum atomic E-state index is 13.3. The molecule has 0 saturated heterocycles. The van der Waals surface area contributed by atoms with Crippen LogP contribution < -0.4 is 5.32 Å². The van der Waals surface area contributed by atoms with Crippen molar-refractivity contribution in [3.63, 3.8) is 0 Å². The molecule has 23 heavy (non-hydrogen) atoms. The van der Waals surface area contributed by atoms with E-state index in [0.29, 0.717) is 30.0 Å². The fraction of sp³-hybridized carbons (Fsp3) is 0.294. The SMILES string of the molecule is CC(O)CCN(C)C(=O)c1cccnc1Nc1cccc(F)c1. The summed E-state index contributed by atoms with van der Waals surface area (Å²) >= 11 is 0. The average Bonchev–Trinajstić information content (AvgIpc) is 2.52. The van der Waals surface area contributed by atoms with Crippen molar-refractivity contribution in [2.75, 3.05) is 18.9 Å². The van der Waals surface area contributed by atoms with Gasteiger partial charge in [0.25, 0.3) is 5.91 Å². The maximum Gasteiger partial charge on any atom is 0.257 e. The Labute approximate surface area is 134 Å². The van der Waals surface area contributed by atoms with Gasteiger partial charge in [-0.25, -0.2) is 9.37 Å². The number of aromatic nitrogens is 1. The molecule has 1 amide bonds. The number of carbonyl (C=O) groups excluding carboxylic acids is 1. The van der Waals surface area contributed by atoms with Crippen LogP contribution in [-0.4, -0.2) is 40.6 Å². The number of amides is 1. The van der Waals surface area contributed by atoms with Crippen LogP contribution in [0, 0.1) is 5.82 Å². The number of nitrogens with zero attached hydrogens (tertiary/aromatic N) is 2. The molecule has 1 atom stereocenters. The van der Waals surface area contributed by atoms with Crippen molar-refractivity contribution in [3.8, 4) is 0 Å². The van der Waals surface area contributed by atoms with E-state index in [1.54, 1.807) is 44.4 Å². The smallest absolute Gasteiger partial charge is 0.257 e. The van der Waals surface area contributed by atoms with E-state index in [2.05, 4.69) is 10.3 Å². The van der Waals surface area contributed by atoms with Crippen LogP contribution in [0.4, 0.5) is 15.9 Å². The fourth-order valence-corrected chi connectivity index (χ4v) is 2.07. The summed E-state index contributed by atoms with van der Waals surface area (Å²) in [7, 11) is 1.67. The van der Waals surface area contributed by atoms with Gasteiger partial charge in [-0.3, -0.25) is 4.79 Å². The molecule has 0 fully saturated rings. The molecule has 0 aliphatic heterocycles. The highest BCUT2D eigenvalue weighted by atomic mass is 19.1. The Bertz CT molecular complexity index is 676. The minimum absolute atomic E-state index is 0.211. The third kappa shape index (κ3) is 4.75. The number of rotatable bonds is 6. The van der Waals surface area contributed by atoms with Crippen LogP contribution in [0.2, 0.25) is 0 Å². The number of nitrogens with one attached hydrogen (secondary N) is 1. The molecule has 6 heteroatoms. The van der Waals surface area contributed by atoms with E-state index >= 15 is 0 Å². The second-order valence-corrected chi connectivity index (χ2v) is 5.40. The zero-order valence-electron chi connectivity index (χ0n) is 13.2. The van der Waals surface area contributed by atoms with Gasteiger partial charge in [0.05, 0.1) is 11.7 Å². The monoisotopic (exact) mass is 317 g/mol. The van der Waals surface area contributed by atoms with Crippen LogP contribution in [0.5, 0.6) is 0 Å². The Morgan fingerprint density at radius 2 is 2.17 bits per heavy atom. The second kappa shape index (κ2) is 7.69. The molecule has 0 radical (unpaired) electrons. The number of benzene rings is 1. The number of hydrogen-bond donors (Lipinski definition) is 2. The lowest BCUT2D eigenvalue weighted by Crippen LogP contribution is -2.30. The van der Waals surface area contributed by atoms with Crippen molar-refractivity contribution in [3.05, 3.63) is 54.0 Å². The lowest BCUT2D eigenvalue weighted by Gasteiger charge is -2.19. The second-order valence-electron chi connectivity index (χ2n) is 5.40. The van der Waals surface area contributed by atoms with Crippen molar-refractivity contribution in [2.45, 2.75) is 19.4 Å². The molecule has 0 bridgehead atoms. The zero-order chi connectivity index (χ0) is 16.8. The van der Waals surface area contributed by atoms with Crippen molar-refractivity contribution >= 4 is 17.4 Å². The van der Waals surface area contributed by atoms with E-state index in [1.807, 2.05) is 0 Å². The van der Waals surface area contributed by atoms with Crippen LogP contribution >= 0.6 is 0 Å². The van der Waals surface area contributed by atoms with Crippen molar-refractivity contribution in [2.24, 2.45) is 0 Å². The summed E-state index contributed by atoms with van der Waals surface area (Å²) in [5, 5.41) is 12.3. The number of pyridine rings is 1. The predicted molar refractivity (Wildman–Crippen MR) is 87.2 cm³/mol. The van der Waals surface area contributed by atoms with Gasteiger partial charge in [-0.1, -0.05) is 6.07 Å². The maximum absolute atomic E-state index is 13.3.